The Morgan fingerprint density at radius 3 is 2.72 bits per heavy atom. The molecule has 0 radical (unpaired) electrons. The van der Waals surface area contributed by atoms with Crippen LogP contribution in [0.3, 0.4) is 0 Å². The molecular weight excluding hydrogens is 474 g/mol. The molecule has 1 aliphatic heterocycles. The Morgan fingerprint density at radius 2 is 1.94 bits per heavy atom. The van der Waals surface area contributed by atoms with Crippen LogP contribution in [-0.4, -0.2) is 78.6 Å². The number of hydrogen-bond donors (Lipinski definition) is 1. The Bertz CT molecular complexity index is 1320. The van der Waals surface area contributed by atoms with Crippen molar-refractivity contribution < 1.29 is 8.42 Å². The van der Waals surface area contributed by atoms with Crippen LogP contribution >= 0.6 is 0 Å². The normalized spacial score (nSPS) is 19.2. The fraction of sp³-hybridized carbons (Fsp3) is 0.538. The van der Waals surface area contributed by atoms with Crippen LogP contribution in [0.15, 0.2) is 36.5 Å². The van der Waals surface area contributed by atoms with Crippen LogP contribution < -0.4 is 9.62 Å². The molecule has 1 saturated heterocycles. The number of nitrogens with zero attached hydrogens (tertiary/aromatic N) is 6. The third-order valence-electron chi connectivity index (χ3n) is 7.56. The summed E-state index contributed by atoms with van der Waals surface area (Å²) in [6.07, 6.45) is 5.14. The molecular formula is C26H37N7O2S. The molecule has 0 spiro atoms. The third kappa shape index (κ3) is 5.13. The molecule has 1 aliphatic carbocycles. The number of anilines is 1. The maximum Gasteiger partial charge on any atom is 0.211 e. The molecule has 0 bridgehead atoms. The first-order chi connectivity index (χ1) is 17.4. The van der Waals surface area contributed by atoms with E-state index in [1.165, 1.54) is 5.56 Å². The number of piperazine rings is 1. The van der Waals surface area contributed by atoms with Crippen LogP contribution in [0.2, 0.25) is 0 Å². The predicted octanol–water partition coefficient (Wildman–Crippen LogP) is 2.43. The SMILES string of the molecule is CCS(=O)(=O)NCc1c(CN(C)[C@H]2CCCc3cccnc32)nc2cccc(N3CCN(C)CC3)n12. The van der Waals surface area contributed by atoms with Crippen molar-refractivity contribution in [3.8, 4) is 0 Å². The molecule has 2 aliphatic rings. The summed E-state index contributed by atoms with van der Waals surface area (Å²) in [5.41, 5.74) is 5.13. The highest BCUT2D eigenvalue weighted by molar-refractivity contribution is 7.89. The Balaban J connectivity index is 1.52. The lowest BCUT2D eigenvalue weighted by Crippen LogP contribution is -2.45. The van der Waals surface area contributed by atoms with Gasteiger partial charge < -0.3 is 9.80 Å². The zero-order chi connectivity index (χ0) is 25.3. The van der Waals surface area contributed by atoms with E-state index in [2.05, 4.69) is 50.1 Å². The minimum absolute atomic E-state index is 0.0504. The van der Waals surface area contributed by atoms with Gasteiger partial charge in [-0.15, -0.1) is 0 Å². The molecule has 0 unspecified atom stereocenters. The molecule has 9 nitrogen and oxygen atoms in total. The molecule has 10 heteroatoms. The smallest absolute Gasteiger partial charge is 0.211 e. The van der Waals surface area contributed by atoms with Crippen LogP contribution in [0, 0.1) is 0 Å². The second-order valence-electron chi connectivity index (χ2n) is 9.97. The second kappa shape index (κ2) is 10.5. The average molecular weight is 512 g/mol. The van der Waals surface area contributed by atoms with Crippen LogP contribution in [0.1, 0.15) is 48.5 Å². The van der Waals surface area contributed by atoms with Crippen LogP contribution in [0.5, 0.6) is 0 Å². The van der Waals surface area contributed by atoms with Gasteiger partial charge in [-0.2, -0.15) is 0 Å². The van der Waals surface area contributed by atoms with Gasteiger partial charge >= 0.3 is 0 Å². The number of pyridine rings is 2. The summed E-state index contributed by atoms with van der Waals surface area (Å²) in [7, 11) is 0.920. The van der Waals surface area contributed by atoms with Gasteiger partial charge in [-0.1, -0.05) is 12.1 Å². The van der Waals surface area contributed by atoms with E-state index in [4.69, 9.17) is 9.97 Å². The molecule has 5 rings (SSSR count). The van der Waals surface area contributed by atoms with E-state index in [9.17, 15) is 8.42 Å². The van der Waals surface area contributed by atoms with E-state index in [-0.39, 0.29) is 18.3 Å². The summed E-state index contributed by atoms with van der Waals surface area (Å²) in [5, 5.41) is 0. The van der Waals surface area contributed by atoms with Gasteiger partial charge in [0.15, 0.2) is 0 Å². The zero-order valence-electron chi connectivity index (χ0n) is 21.5. The van der Waals surface area contributed by atoms with Gasteiger partial charge in [0.05, 0.1) is 35.4 Å². The Morgan fingerprint density at radius 1 is 1.14 bits per heavy atom. The Labute approximate surface area is 214 Å². The quantitative estimate of drug-likeness (QED) is 0.497. The molecule has 3 aromatic rings. The molecule has 36 heavy (non-hydrogen) atoms. The summed E-state index contributed by atoms with van der Waals surface area (Å²) in [6.45, 7) is 6.33. The van der Waals surface area contributed by atoms with Crippen LogP contribution in [0.4, 0.5) is 5.82 Å². The lowest BCUT2D eigenvalue weighted by Gasteiger charge is -2.34. The van der Waals surface area contributed by atoms with E-state index in [0.29, 0.717) is 6.54 Å². The summed E-state index contributed by atoms with van der Waals surface area (Å²) < 4.78 is 29.7. The van der Waals surface area contributed by atoms with Gasteiger partial charge in [0.2, 0.25) is 10.0 Å². The standard InChI is InChI=1S/C26H37N7O2S/c1-4-36(34,35)28-18-23-21(19-31(3)22-10-5-8-20-9-7-13-27-26(20)22)29-24-11-6-12-25(33(23)24)32-16-14-30(2)15-17-32/h6-7,9,11-13,22,28H,4-5,8,10,14-19H2,1-3H3/t22-/m0/s1. The maximum absolute atomic E-state index is 12.4. The highest BCUT2D eigenvalue weighted by Gasteiger charge is 2.27. The van der Waals surface area contributed by atoms with Gasteiger partial charge in [0, 0.05) is 38.9 Å². The van der Waals surface area contributed by atoms with Gasteiger partial charge in [-0.3, -0.25) is 14.3 Å². The highest BCUT2D eigenvalue weighted by atomic mass is 32.2. The highest BCUT2D eigenvalue weighted by Crippen LogP contribution is 2.33. The number of nitrogens with one attached hydrogen (secondary N) is 1. The number of fused-ring (bicyclic) bond motifs is 2. The number of aromatic nitrogens is 3. The van der Waals surface area contributed by atoms with Gasteiger partial charge in [0.1, 0.15) is 11.5 Å². The number of rotatable bonds is 8. The first-order valence-corrected chi connectivity index (χ1v) is 14.6. The largest absolute Gasteiger partial charge is 0.355 e. The Hall–Kier alpha value is -2.53. The maximum atomic E-state index is 12.4. The molecule has 0 amide bonds. The van der Waals surface area contributed by atoms with Gasteiger partial charge in [-0.25, -0.2) is 18.1 Å². The monoisotopic (exact) mass is 511 g/mol. The molecule has 0 aromatic carbocycles. The summed E-state index contributed by atoms with van der Waals surface area (Å²) >= 11 is 0. The molecule has 0 saturated carbocycles. The first kappa shape index (κ1) is 25.1. The third-order valence-corrected chi connectivity index (χ3v) is 8.91. The van der Waals surface area contributed by atoms with Crippen molar-refractivity contribution >= 4 is 21.5 Å². The molecule has 1 atom stereocenters. The van der Waals surface area contributed by atoms with Gasteiger partial charge in [-0.05, 0) is 64.0 Å². The van der Waals surface area contributed by atoms with Crippen molar-refractivity contribution in [1.29, 1.82) is 0 Å². The van der Waals surface area contributed by atoms with Crippen molar-refractivity contribution in [3.05, 3.63) is 59.2 Å². The fourth-order valence-electron chi connectivity index (χ4n) is 5.41. The first-order valence-electron chi connectivity index (χ1n) is 12.9. The Kier molecular flexibility index (Phi) is 7.30. The molecule has 194 valence electrons. The van der Waals surface area contributed by atoms with E-state index in [1.54, 1.807) is 6.92 Å². The summed E-state index contributed by atoms with van der Waals surface area (Å²) in [6, 6.07) is 10.6. The average Bonchev–Trinajstić information content (AvgIpc) is 3.24. The van der Waals surface area contributed by atoms with Gasteiger partial charge in [0.25, 0.3) is 0 Å². The predicted molar refractivity (Wildman–Crippen MR) is 143 cm³/mol. The molecule has 1 N–H and O–H groups in total. The molecule has 4 heterocycles. The van der Waals surface area contributed by atoms with Crippen molar-refractivity contribution in [2.75, 3.05) is 50.9 Å². The summed E-state index contributed by atoms with van der Waals surface area (Å²) in [4.78, 5) is 16.8. The lowest BCUT2D eigenvalue weighted by atomic mass is 9.91. The summed E-state index contributed by atoms with van der Waals surface area (Å²) in [5.74, 6) is 1.12. The number of imidazole rings is 1. The van der Waals surface area contributed by atoms with Crippen molar-refractivity contribution in [2.24, 2.45) is 0 Å². The molecule has 1 fully saturated rings. The number of sulfonamides is 1. The molecule has 3 aromatic heterocycles. The van der Waals surface area contributed by atoms with E-state index in [1.807, 2.05) is 24.4 Å². The van der Waals surface area contributed by atoms with Crippen molar-refractivity contribution in [1.82, 2.24) is 28.9 Å². The fourth-order valence-corrected chi connectivity index (χ4v) is 5.97. The topological polar surface area (TPSA) is 86.1 Å². The van der Waals surface area contributed by atoms with Crippen molar-refractivity contribution in [3.63, 3.8) is 0 Å². The zero-order valence-corrected chi connectivity index (χ0v) is 22.3. The van der Waals surface area contributed by atoms with Crippen LogP contribution in [-0.2, 0) is 29.5 Å². The van der Waals surface area contributed by atoms with E-state index < -0.39 is 10.0 Å². The second-order valence-corrected chi connectivity index (χ2v) is 12.1. The number of likely N-dealkylation sites (N-methyl/N-ethyl adjacent to an activating group) is 1. The van der Waals surface area contributed by atoms with E-state index >= 15 is 0 Å². The van der Waals surface area contributed by atoms with Crippen molar-refractivity contribution in [2.45, 2.75) is 45.3 Å². The lowest BCUT2D eigenvalue weighted by molar-refractivity contribution is 0.206. The van der Waals surface area contributed by atoms with E-state index in [0.717, 1.165) is 74.0 Å². The minimum atomic E-state index is -3.35. The van der Waals surface area contributed by atoms with Crippen LogP contribution in [0.25, 0.3) is 5.65 Å². The number of hydrogen-bond acceptors (Lipinski definition) is 7. The number of aryl methyl sites for hydroxylation is 1. The minimum Gasteiger partial charge on any atom is -0.355 e.